The Morgan fingerprint density at radius 3 is 2.38 bits per heavy atom. The number of anilines is 1. The second-order valence-corrected chi connectivity index (χ2v) is 7.34. The van der Waals surface area contributed by atoms with E-state index in [1.165, 1.54) is 11.6 Å². The Kier molecular flexibility index (Phi) is 4.56. The Balaban J connectivity index is 1.36. The van der Waals surface area contributed by atoms with Gasteiger partial charge in [0.2, 0.25) is 0 Å². The van der Waals surface area contributed by atoms with Crippen molar-refractivity contribution in [2.45, 2.75) is 6.54 Å². The van der Waals surface area contributed by atoms with Gasteiger partial charge in [0, 0.05) is 50.5 Å². The summed E-state index contributed by atoms with van der Waals surface area (Å²) in [5, 5.41) is 1.41. The molecule has 6 heteroatoms. The van der Waals surface area contributed by atoms with E-state index in [2.05, 4.69) is 44.0 Å². The van der Waals surface area contributed by atoms with Crippen molar-refractivity contribution < 1.29 is 8.78 Å². The summed E-state index contributed by atoms with van der Waals surface area (Å²) in [4.78, 5) is 13.1. The number of pyridine rings is 2. The zero-order valence-electron chi connectivity index (χ0n) is 15.9. The van der Waals surface area contributed by atoms with Crippen LogP contribution in [0.3, 0.4) is 0 Å². The molecule has 0 radical (unpaired) electrons. The Hall–Kier alpha value is -3.12. The second-order valence-electron chi connectivity index (χ2n) is 7.34. The van der Waals surface area contributed by atoms with Gasteiger partial charge in [-0.25, -0.2) is 8.78 Å². The van der Waals surface area contributed by atoms with Gasteiger partial charge < -0.3 is 4.90 Å². The summed E-state index contributed by atoms with van der Waals surface area (Å²) >= 11 is 0. The first-order chi connectivity index (χ1) is 14.2. The minimum absolute atomic E-state index is 0.0896. The molecule has 1 aliphatic rings. The first kappa shape index (κ1) is 17.9. The van der Waals surface area contributed by atoms with Crippen LogP contribution in [0.25, 0.3) is 21.8 Å². The van der Waals surface area contributed by atoms with Crippen molar-refractivity contribution in [3.63, 3.8) is 0 Å². The van der Waals surface area contributed by atoms with Gasteiger partial charge in [-0.05, 0) is 29.8 Å². The highest BCUT2D eigenvalue weighted by Gasteiger charge is 2.21. The monoisotopic (exact) mass is 390 g/mol. The molecule has 0 amide bonds. The van der Waals surface area contributed by atoms with E-state index >= 15 is 0 Å². The van der Waals surface area contributed by atoms with E-state index in [9.17, 15) is 8.78 Å². The lowest BCUT2D eigenvalue weighted by Crippen LogP contribution is -2.46. The summed E-state index contributed by atoms with van der Waals surface area (Å²) < 4.78 is 28.5. The van der Waals surface area contributed by atoms with Crippen LogP contribution in [-0.4, -0.2) is 41.0 Å². The molecule has 1 aliphatic heterocycles. The molecule has 1 saturated heterocycles. The lowest BCUT2D eigenvalue weighted by Gasteiger charge is -2.36. The van der Waals surface area contributed by atoms with Crippen LogP contribution in [0.15, 0.2) is 60.9 Å². The number of benzene rings is 2. The number of halogens is 2. The molecule has 0 N–H and O–H groups in total. The summed E-state index contributed by atoms with van der Waals surface area (Å²) in [5.74, 6) is -0.931. The molecule has 3 heterocycles. The van der Waals surface area contributed by atoms with Crippen molar-refractivity contribution in [2.75, 3.05) is 31.1 Å². The largest absolute Gasteiger partial charge is 0.368 e. The van der Waals surface area contributed by atoms with Gasteiger partial charge in [-0.1, -0.05) is 24.3 Å². The molecule has 0 aliphatic carbocycles. The van der Waals surface area contributed by atoms with Gasteiger partial charge in [0.1, 0.15) is 17.2 Å². The molecule has 29 heavy (non-hydrogen) atoms. The lowest BCUT2D eigenvalue weighted by atomic mass is 10.1. The fourth-order valence-corrected chi connectivity index (χ4v) is 4.12. The number of hydrogen-bond acceptors (Lipinski definition) is 4. The average molecular weight is 390 g/mol. The normalized spacial score (nSPS) is 15.3. The Morgan fingerprint density at radius 1 is 0.759 bits per heavy atom. The van der Waals surface area contributed by atoms with Crippen LogP contribution >= 0.6 is 0 Å². The fraction of sp³-hybridized carbons (Fsp3) is 0.217. The van der Waals surface area contributed by atoms with Gasteiger partial charge in [-0.3, -0.25) is 14.9 Å². The molecule has 0 bridgehead atoms. The summed E-state index contributed by atoms with van der Waals surface area (Å²) in [7, 11) is 0. The van der Waals surface area contributed by atoms with E-state index in [4.69, 9.17) is 0 Å². The molecule has 2 aromatic carbocycles. The summed E-state index contributed by atoms with van der Waals surface area (Å²) in [6.07, 6.45) is 3.38. The maximum atomic E-state index is 14.4. The van der Waals surface area contributed by atoms with E-state index in [0.717, 1.165) is 49.7 Å². The molecule has 146 valence electrons. The number of rotatable bonds is 3. The number of fused-ring (bicyclic) bond motifs is 2. The summed E-state index contributed by atoms with van der Waals surface area (Å²) in [5.41, 5.74) is 3.04. The summed E-state index contributed by atoms with van der Waals surface area (Å²) in [6, 6.07) is 14.4. The third-order valence-electron chi connectivity index (χ3n) is 5.59. The molecule has 1 fully saturated rings. The van der Waals surface area contributed by atoms with E-state index in [-0.39, 0.29) is 10.9 Å². The predicted octanol–water partition coefficient (Wildman–Crippen LogP) is 4.38. The maximum Gasteiger partial charge on any atom is 0.149 e. The Labute approximate surface area is 167 Å². The van der Waals surface area contributed by atoms with E-state index < -0.39 is 11.6 Å². The van der Waals surface area contributed by atoms with Crippen molar-refractivity contribution in [3.8, 4) is 0 Å². The molecule has 0 saturated carbocycles. The van der Waals surface area contributed by atoms with Crippen LogP contribution in [-0.2, 0) is 6.54 Å². The van der Waals surface area contributed by atoms with Crippen LogP contribution < -0.4 is 4.90 Å². The first-order valence-electron chi connectivity index (χ1n) is 9.73. The van der Waals surface area contributed by atoms with Crippen molar-refractivity contribution in [1.29, 1.82) is 0 Å². The van der Waals surface area contributed by atoms with Crippen LogP contribution in [0.4, 0.5) is 14.5 Å². The third-order valence-corrected chi connectivity index (χ3v) is 5.59. The van der Waals surface area contributed by atoms with Gasteiger partial charge in [0.15, 0.2) is 0 Å². The summed E-state index contributed by atoms with van der Waals surface area (Å²) in [6.45, 7) is 3.98. The fourth-order valence-electron chi connectivity index (χ4n) is 4.12. The van der Waals surface area contributed by atoms with Crippen molar-refractivity contribution in [3.05, 3.63) is 78.1 Å². The molecular weight excluding hydrogens is 370 g/mol. The molecule has 5 rings (SSSR count). The Morgan fingerprint density at radius 2 is 1.52 bits per heavy atom. The van der Waals surface area contributed by atoms with Gasteiger partial charge in [0.25, 0.3) is 0 Å². The van der Waals surface area contributed by atoms with Crippen LogP contribution in [0.1, 0.15) is 5.56 Å². The topological polar surface area (TPSA) is 32.3 Å². The van der Waals surface area contributed by atoms with Gasteiger partial charge in [0.05, 0.1) is 16.6 Å². The highest BCUT2D eigenvalue weighted by atomic mass is 19.1. The zero-order chi connectivity index (χ0) is 19.8. The zero-order valence-corrected chi connectivity index (χ0v) is 15.9. The molecule has 0 unspecified atom stereocenters. The molecule has 4 aromatic rings. The SMILES string of the molecule is Fc1ccc(F)c2c(N3CCN(Cc4cccc5cccnc45)CC3)ccnc12. The molecule has 0 spiro atoms. The smallest absolute Gasteiger partial charge is 0.149 e. The third kappa shape index (κ3) is 3.29. The minimum Gasteiger partial charge on any atom is -0.368 e. The minimum atomic E-state index is -0.495. The van der Waals surface area contributed by atoms with E-state index in [1.807, 2.05) is 12.3 Å². The van der Waals surface area contributed by atoms with Crippen LogP contribution in [0, 0.1) is 11.6 Å². The van der Waals surface area contributed by atoms with E-state index in [0.29, 0.717) is 5.69 Å². The molecule has 4 nitrogen and oxygen atoms in total. The number of hydrogen-bond donors (Lipinski definition) is 0. The van der Waals surface area contributed by atoms with Crippen LogP contribution in [0.5, 0.6) is 0 Å². The lowest BCUT2D eigenvalue weighted by molar-refractivity contribution is 0.250. The molecule has 2 aromatic heterocycles. The quantitative estimate of drug-likeness (QED) is 0.520. The van der Waals surface area contributed by atoms with Gasteiger partial charge in [-0.15, -0.1) is 0 Å². The van der Waals surface area contributed by atoms with Crippen molar-refractivity contribution in [1.82, 2.24) is 14.9 Å². The highest BCUT2D eigenvalue weighted by Crippen LogP contribution is 2.30. The molecular formula is C23H20F2N4. The standard InChI is InChI=1S/C23H20F2N4/c24-18-6-7-19(25)23-21(18)20(8-10-27-23)29-13-11-28(12-14-29)15-17-4-1-3-16-5-2-9-26-22(16)17/h1-10H,11-15H2. The van der Waals surface area contributed by atoms with Gasteiger partial charge >= 0.3 is 0 Å². The number of piperazine rings is 1. The predicted molar refractivity (Wildman–Crippen MR) is 111 cm³/mol. The average Bonchev–Trinajstić information content (AvgIpc) is 2.77. The van der Waals surface area contributed by atoms with Crippen LogP contribution in [0.2, 0.25) is 0 Å². The number of aromatic nitrogens is 2. The number of nitrogens with zero attached hydrogens (tertiary/aromatic N) is 4. The van der Waals surface area contributed by atoms with Gasteiger partial charge in [-0.2, -0.15) is 0 Å². The maximum absolute atomic E-state index is 14.4. The van der Waals surface area contributed by atoms with Crippen molar-refractivity contribution >= 4 is 27.5 Å². The Bertz CT molecular complexity index is 1180. The second kappa shape index (κ2) is 7.37. The number of para-hydroxylation sites is 1. The van der Waals surface area contributed by atoms with E-state index in [1.54, 1.807) is 12.3 Å². The van der Waals surface area contributed by atoms with Crippen molar-refractivity contribution in [2.24, 2.45) is 0 Å². The molecule has 0 atom stereocenters. The highest BCUT2D eigenvalue weighted by molar-refractivity contribution is 5.92. The first-order valence-corrected chi connectivity index (χ1v) is 9.73.